The second kappa shape index (κ2) is 12.5. The highest BCUT2D eigenvalue weighted by Gasteiger charge is 2.14. The zero-order chi connectivity index (χ0) is 28.7. The Balaban J connectivity index is 1.46. The van der Waals surface area contributed by atoms with Crippen LogP contribution in [0.1, 0.15) is 48.8 Å². The summed E-state index contributed by atoms with van der Waals surface area (Å²) in [5.41, 5.74) is 7.84. The van der Waals surface area contributed by atoms with Gasteiger partial charge in [0.1, 0.15) is 11.4 Å². The van der Waals surface area contributed by atoms with Crippen LogP contribution in [0.15, 0.2) is 85.1 Å². The van der Waals surface area contributed by atoms with Crippen LogP contribution in [-0.2, 0) is 16.8 Å². The first-order valence-electron chi connectivity index (χ1n) is 13.2. The molecule has 206 valence electrons. The van der Waals surface area contributed by atoms with Gasteiger partial charge < -0.3 is 20.5 Å². The van der Waals surface area contributed by atoms with E-state index in [0.29, 0.717) is 6.54 Å². The molecule has 3 N–H and O–H groups in total. The maximum absolute atomic E-state index is 12.3. The molecule has 7 heteroatoms. The predicted molar refractivity (Wildman–Crippen MR) is 159 cm³/mol. The summed E-state index contributed by atoms with van der Waals surface area (Å²) in [5.74, 6) is -0.658. The predicted octanol–water partition coefficient (Wildman–Crippen LogP) is 6.54. The summed E-state index contributed by atoms with van der Waals surface area (Å²) in [6, 6.07) is 26.5. The fraction of sp³-hybridized carbons (Fsp3) is 0.242. The first-order chi connectivity index (χ1) is 19.1. The van der Waals surface area contributed by atoms with Gasteiger partial charge >= 0.3 is 5.97 Å². The Morgan fingerprint density at radius 3 is 2.10 bits per heavy atom. The fourth-order valence-corrected chi connectivity index (χ4v) is 4.31. The molecule has 40 heavy (non-hydrogen) atoms. The molecule has 0 spiro atoms. The highest BCUT2D eigenvalue weighted by molar-refractivity contribution is 5.92. The molecule has 1 heterocycles. The van der Waals surface area contributed by atoms with E-state index in [1.807, 2.05) is 24.3 Å². The smallest absolute Gasteiger partial charge is 0.305 e. The maximum atomic E-state index is 12.3. The standard InChI is InChI=1S/C33H35N3O4/c1-33(2,3)26-11-5-22(6-12-26)23-7-13-27(14-8-23)35-20-24-9-15-28(40-4)19-29(24)25-10-16-30(36-21-25)32(39)34-18-17-31(37)38/h5-16,19,21,35H,17-18,20H2,1-4H3,(H,34,39)(H,37,38). The summed E-state index contributed by atoms with van der Waals surface area (Å²) in [5, 5.41) is 14.8. The molecule has 0 fully saturated rings. The number of ether oxygens (including phenoxy) is 1. The Kier molecular flexibility index (Phi) is 8.84. The van der Waals surface area contributed by atoms with Gasteiger partial charge in [0.2, 0.25) is 0 Å². The van der Waals surface area contributed by atoms with E-state index in [9.17, 15) is 9.59 Å². The molecule has 1 aromatic heterocycles. The summed E-state index contributed by atoms with van der Waals surface area (Å²) in [6.45, 7) is 7.28. The number of hydrogen-bond donors (Lipinski definition) is 3. The van der Waals surface area contributed by atoms with E-state index in [2.05, 4.69) is 84.9 Å². The van der Waals surface area contributed by atoms with Gasteiger partial charge in [0.05, 0.1) is 13.5 Å². The van der Waals surface area contributed by atoms with Gasteiger partial charge in [-0.2, -0.15) is 0 Å². The molecule has 4 rings (SSSR count). The van der Waals surface area contributed by atoms with Gasteiger partial charge in [-0.15, -0.1) is 0 Å². The number of nitrogens with zero attached hydrogens (tertiary/aromatic N) is 1. The van der Waals surface area contributed by atoms with Gasteiger partial charge in [-0.25, -0.2) is 0 Å². The molecule has 0 aliphatic carbocycles. The molecule has 0 atom stereocenters. The Bertz CT molecular complexity index is 1460. The normalized spacial score (nSPS) is 11.1. The van der Waals surface area contributed by atoms with Gasteiger partial charge in [-0.05, 0) is 63.6 Å². The number of benzene rings is 3. The number of carboxylic acids is 1. The summed E-state index contributed by atoms with van der Waals surface area (Å²) in [4.78, 5) is 27.3. The number of aromatic nitrogens is 1. The summed E-state index contributed by atoms with van der Waals surface area (Å²) >= 11 is 0. The average Bonchev–Trinajstić information content (AvgIpc) is 2.96. The third-order valence-electron chi connectivity index (χ3n) is 6.70. The number of rotatable bonds is 10. The lowest BCUT2D eigenvalue weighted by Crippen LogP contribution is -2.26. The van der Waals surface area contributed by atoms with Crippen molar-refractivity contribution in [2.24, 2.45) is 0 Å². The number of anilines is 1. The molecule has 3 aromatic carbocycles. The topological polar surface area (TPSA) is 101 Å². The fourth-order valence-electron chi connectivity index (χ4n) is 4.31. The van der Waals surface area contributed by atoms with Crippen LogP contribution >= 0.6 is 0 Å². The minimum Gasteiger partial charge on any atom is -0.497 e. The third kappa shape index (κ3) is 7.26. The lowest BCUT2D eigenvalue weighted by molar-refractivity contribution is -0.136. The third-order valence-corrected chi connectivity index (χ3v) is 6.70. The van der Waals surface area contributed by atoms with Crippen molar-refractivity contribution in [3.63, 3.8) is 0 Å². The zero-order valence-electron chi connectivity index (χ0n) is 23.3. The second-order valence-electron chi connectivity index (χ2n) is 10.6. The zero-order valence-corrected chi connectivity index (χ0v) is 23.3. The van der Waals surface area contributed by atoms with Gasteiger partial charge in [0, 0.05) is 30.5 Å². The lowest BCUT2D eigenvalue weighted by Gasteiger charge is -2.19. The monoisotopic (exact) mass is 537 g/mol. The first-order valence-corrected chi connectivity index (χ1v) is 13.2. The molecule has 0 aliphatic heterocycles. The van der Waals surface area contributed by atoms with Crippen LogP contribution in [0.4, 0.5) is 5.69 Å². The number of hydrogen-bond acceptors (Lipinski definition) is 5. The summed E-state index contributed by atoms with van der Waals surface area (Å²) in [7, 11) is 1.62. The van der Waals surface area contributed by atoms with Crippen molar-refractivity contribution >= 4 is 17.6 Å². The summed E-state index contributed by atoms with van der Waals surface area (Å²) in [6.07, 6.45) is 1.50. The molecule has 4 aromatic rings. The SMILES string of the molecule is COc1ccc(CNc2ccc(-c3ccc(C(C)(C)C)cc3)cc2)c(-c2ccc(C(=O)NCCC(=O)O)nc2)c1. The Labute approximate surface area is 235 Å². The van der Waals surface area contributed by atoms with Crippen LogP contribution in [0, 0.1) is 0 Å². The molecular weight excluding hydrogens is 502 g/mol. The Morgan fingerprint density at radius 2 is 1.52 bits per heavy atom. The van der Waals surface area contributed by atoms with Gasteiger partial charge in [-0.3, -0.25) is 14.6 Å². The first kappa shape index (κ1) is 28.4. The van der Waals surface area contributed by atoms with Crippen LogP contribution in [0.5, 0.6) is 5.75 Å². The van der Waals surface area contributed by atoms with Crippen LogP contribution in [-0.4, -0.2) is 35.6 Å². The van der Waals surface area contributed by atoms with E-state index in [-0.39, 0.29) is 24.1 Å². The molecule has 0 saturated heterocycles. The number of nitrogens with one attached hydrogen (secondary N) is 2. The van der Waals surface area contributed by atoms with Gasteiger partial charge in [-0.1, -0.05) is 69.3 Å². The number of carbonyl (C=O) groups is 2. The second-order valence-corrected chi connectivity index (χ2v) is 10.6. The van der Waals surface area contributed by atoms with E-state index in [1.165, 1.54) is 11.1 Å². The van der Waals surface area contributed by atoms with Crippen LogP contribution < -0.4 is 15.4 Å². The van der Waals surface area contributed by atoms with Crippen molar-refractivity contribution in [1.82, 2.24) is 10.3 Å². The van der Waals surface area contributed by atoms with Crippen molar-refractivity contribution in [1.29, 1.82) is 0 Å². The van der Waals surface area contributed by atoms with Crippen LogP contribution in [0.25, 0.3) is 22.3 Å². The van der Waals surface area contributed by atoms with Crippen molar-refractivity contribution < 1.29 is 19.4 Å². The number of aliphatic carboxylic acids is 1. The van der Waals surface area contributed by atoms with E-state index < -0.39 is 11.9 Å². The largest absolute Gasteiger partial charge is 0.497 e. The Hall–Kier alpha value is -4.65. The quantitative estimate of drug-likeness (QED) is 0.212. The van der Waals surface area contributed by atoms with E-state index >= 15 is 0 Å². The molecular formula is C33H35N3O4. The van der Waals surface area contributed by atoms with Gasteiger partial charge in [0.15, 0.2) is 0 Å². The van der Waals surface area contributed by atoms with Crippen molar-refractivity contribution in [2.75, 3.05) is 19.0 Å². The number of pyridine rings is 1. The molecule has 1 amide bonds. The summed E-state index contributed by atoms with van der Waals surface area (Å²) < 4.78 is 5.45. The number of amides is 1. The van der Waals surface area contributed by atoms with Crippen LogP contribution in [0.2, 0.25) is 0 Å². The molecule has 7 nitrogen and oxygen atoms in total. The van der Waals surface area contributed by atoms with E-state index in [1.54, 1.807) is 19.4 Å². The van der Waals surface area contributed by atoms with Crippen molar-refractivity contribution in [3.05, 3.63) is 102 Å². The highest BCUT2D eigenvalue weighted by Crippen LogP contribution is 2.30. The number of carbonyl (C=O) groups excluding carboxylic acids is 1. The molecule has 0 unspecified atom stereocenters. The van der Waals surface area contributed by atoms with E-state index in [4.69, 9.17) is 9.84 Å². The lowest BCUT2D eigenvalue weighted by atomic mass is 9.86. The number of carboxylic acid groups (broad SMARTS) is 1. The molecule has 0 aliphatic rings. The minimum atomic E-state index is -0.968. The van der Waals surface area contributed by atoms with Crippen molar-refractivity contribution in [2.45, 2.75) is 39.2 Å². The van der Waals surface area contributed by atoms with Gasteiger partial charge in [0.25, 0.3) is 5.91 Å². The Morgan fingerprint density at radius 1 is 0.875 bits per heavy atom. The van der Waals surface area contributed by atoms with Crippen molar-refractivity contribution in [3.8, 4) is 28.0 Å². The molecule has 0 saturated carbocycles. The maximum Gasteiger partial charge on any atom is 0.305 e. The molecule has 0 radical (unpaired) electrons. The minimum absolute atomic E-state index is 0.0494. The average molecular weight is 538 g/mol. The highest BCUT2D eigenvalue weighted by atomic mass is 16.5. The number of methoxy groups -OCH3 is 1. The van der Waals surface area contributed by atoms with E-state index in [0.717, 1.165) is 33.7 Å². The molecule has 0 bridgehead atoms. The van der Waals surface area contributed by atoms with Crippen LogP contribution in [0.3, 0.4) is 0 Å².